The van der Waals surface area contributed by atoms with E-state index in [0.717, 1.165) is 0 Å². The van der Waals surface area contributed by atoms with Crippen LogP contribution in [0.1, 0.15) is 24.0 Å². The third-order valence-corrected chi connectivity index (χ3v) is 4.83. The van der Waals surface area contributed by atoms with E-state index in [1.54, 1.807) is 31.2 Å². The summed E-state index contributed by atoms with van der Waals surface area (Å²) < 4.78 is 21.6. The Morgan fingerprint density at radius 2 is 1.97 bits per heavy atom. The minimum absolute atomic E-state index is 0.0127. The first-order chi connectivity index (χ1) is 14.0. The van der Waals surface area contributed by atoms with Crippen LogP contribution in [0.4, 0.5) is 0 Å². The zero-order valence-electron chi connectivity index (χ0n) is 15.7. The van der Waals surface area contributed by atoms with Crippen LogP contribution in [0.2, 0.25) is 0 Å². The highest BCUT2D eigenvalue weighted by molar-refractivity contribution is 5.88. The van der Waals surface area contributed by atoms with Gasteiger partial charge < -0.3 is 28.8 Å². The van der Waals surface area contributed by atoms with E-state index in [1.807, 2.05) is 0 Å². The lowest BCUT2D eigenvalue weighted by molar-refractivity contribution is -0.151. The number of hydrogen-bond donors (Lipinski definition) is 2. The van der Waals surface area contributed by atoms with Gasteiger partial charge in [0, 0.05) is 0 Å². The molecule has 0 bridgehead atoms. The Hall–Kier alpha value is -3.68. The molecule has 8 heteroatoms. The van der Waals surface area contributed by atoms with E-state index in [2.05, 4.69) is 0 Å². The van der Waals surface area contributed by atoms with E-state index in [9.17, 15) is 19.8 Å². The van der Waals surface area contributed by atoms with Crippen molar-refractivity contribution < 1.29 is 33.6 Å². The van der Waals surface area contributed by atoms with Gasteiger partial charge in [-0.15, -0.1) is 0 Å². The second kappa shape index (κ2) is 7.05. The Kier molecular flexibility index (Phi) is 4.54. The lowest BCUT2D eigenvalue weighted by atomic mass is 9.88. The number of benzene rings is 2. The van der Waals surface area contributed by atoms with E-state index in [4.69, 9.17) is 18.6 Å². The van der Waals surface area contributed by atoms with Gasteiger partial charge in [-0.1, -0.05) is 12.1 Å². The molecule has 3 aromatic rings. The lowest BCUT2D eigenvalue weighted by Crippen LogP contribution is -2.32. The number of rotatable bonds is 4. The second-order valence-corrected chi connectivity index (χ2v) is 6.49. The predicted octanol–water partition coefficient (Wildman–Crippen LogP) is 2.67. The van der Waals surface area contributed by atoms with Crippen LogP contribution in [0.5, 0.6) is 23.0 Å². The van der Waals surface area contributed by atoms with Crippen molar-refractivity contribution in [2.24, 2.45) is 0 Å². The fraction of sp³-hybridized carbons (Fsp3) is 0.238. The topological polar surface area (TPSA) is 115 Å². The normalized spacial score (nSPS) is 17.6. The summed E-state index contributed by atoms with van der Waals surface area (Å²) in [6.07, 6.45) is -1.17. The number of esters is 1. The van der Waals surface area contributed by atoms with Crippen molar-refractivity contribution in [2.45, 2.75) is 18.9 Å². The number of hydrogen-bond acceptors (Lipinski definition) is 8. The maximum Gasteiger partial charge on any atom is 0.348 e. The summed E-state index contributed by atoms with van der Waals surface area (Å²) in [5.41, 5.74) is 0.123. The molecule has 2 aromatic carbocycles. The Morgan fingerprint density at radius 1 is 1.21 bits per heavy atom. The first kappa shape index (κ1) is 18.7. The summed E-state index contributed by atoms with van der Waals surface area (Å²) in [6, 6.07) is 9.50. The van der Waals surface area contributed by atoms with Gasteiger partial charge in [-0.25, -0.2) is 9.59 Å². The molecule has 2 N–H and O–H groups in total. The summed E-state index contributed by atoms with van der Waals surface area (Å²) in [7, 11) is 1.32. The van der Waals surface area contributed by atoms with Crippen molar-refractivity contribution in [2.75, 3.05) is 13.7 Å². The van der Waals surface area contributed by atoms with Gasteiger partial charge in [0.25, 0.3) is 0 Å². The molecule has 29 heavy (non-hydrogen) atoms. The molecule has 150 valence electrons. The van der Waals surface area contributed by atoms with Crippen LogP contribution in [-0.2, 0) is 9.53 Å². The minimum atomic E-state index is -1.17. The molecule has 8 nitrogen and oxygen atoms in total. The minimum Gasteiger partial charge on any atom is -0.504 e. The molecule has 0 saturated carbocycles. The first-order valence-electron chi connectivity index (χ1n) is 8.95. The van der Waals surface area contributed by atoms with Crippen molar-refractivity contribution >= 4 is 16.9 Å². The third-order valence-electron chi connectivity index (χ3n) is 4.83. The van der Waals surface area contributed by atoms with Crippen molar-refractivity contribution in [1.82, 2.24) is 0 Å². The molecular weight excluding hydrogens is 380 g/mol. The van der Waals surface area contributed by atoms with Gasteiger partial charge in [-0.3, -0.25) is 0 Å². The summed E-state index contributed by atoms with van der Waals surface area (Å²) >= 11 is 0. The SMILES string of the molecule is CCOC(=O)[C@@H]1Oc2c(c(=O)oc3ccccc23)[C@H]1c1cc(O)c(O)c(OC)c1. The van der Waals surface area contributed by atoms with Crippen molar-refractivity contribution in [3.63, 3.8) is 0 Å². The molecule has 0 amide bonds. The van der Waals surface area contributed by atoms with E-state index < -0.39 is 35.1 Å². The summed E-state index contributed by atoms with van der Waals surface area (Å²) in [4.78, 5) is 25.4. The average Bonchev–Trinajstić information content (AvgIpc) is 3.12. The fourth-order valence-corrected chi connectivity index (χ4v) is 3.58. The monoisotopic (exact) mass is 398 g/mol. The third kappa shape index (κ3) is 2.93. The molecule has 0 unspecified atom stereocenters. The molecule has 0 spiro atoms. The number of fused-ring (bicyclic) bond motifs is 3. The molecule has 2 heterocycles. The zero-order valence-corrected chi connectivity index (χ0v) is 15.7. The van der Waals surface area contributed by atoms with Gasteiger partial charge in [0.2, 0.25) is 11.9 Å². The predicted molar refractivity (Wildman–Crippen MR) is 102 cm³/mol. The largest absolute Gasteiger partial charge is 0.504 e. The van der Waals surface area contributed by atoms with Crippen molar-refractivity contribution in [1.29, 1.82) is 0 Å². The highest BCUT2D eigenvalue weighted by Crippen LogP contribution is 2.47. The standard InChI is InChI=1S/C21H18O8/c1-3-27-21(25)19-15(10-8-12(22)17(23)14(9-10)26-2)16-18(29-19)11-6-4-5-7-13(11)28-20(16)24/h4-9,15,19,22-23H,3H2,1-2H3/t15-,19-/m1/s1. The summed E-state index contributed by atoms with van der Waals surface area (Å²) in [5, 5.41) is 20.6. The molecule has 4 rings (SSSR count). The van der Waals surface area contributed by atoms with Crippen LogP contribution < -0.4 is 15.1 Å². The molecular formula is C21H18O8. The van der Waals surface area contributed by atoms with Gasteiger partial charge in [0.1, 0.15) is 11.3 Å². The molecule has 0 saturated heterocycles. The molecule has 2 atom stereocenters. The van der Waals surface area contributed by atoms with Crippen LogP contribution in [0, 0.1) is 0 Å². The van der Waals surface area contributed by atoms with Crippen LogP contribution in [-0.4, -0.2) is 36.0 Å². The number of para-hydroxylation sites is 1. The lowest BCUT2D eigenvalue weighted by Gasteiger charge is -2.18. The number of carbonyl (C=O) groups is 1. The smallest absolute Gasteiger partial charge is 0.348 e. The van der Waals surface area contributed by atoms with Gasteiger partial charge in [0.15, 0.2) is 11.5 Å². The fourth-order valence-electron chi connectivity index (χ4n) is 3.58. The maximum atomic E-state index is 12.8. The van der Waals surface area contributed by atoms with E-state index in [-0.39, 0.29) is 23.7 Å². The Bertz CT molecular complexity index is 1160. The molecule has 0 radical (unpaired) electrons. The highest BCUT2D eigenvalue weighted by Gasteiger charge is 2.45. The first-order valence-corrected chi connectivity index (χ1v) is 8.95. The number of carbonyl (C=O) groups excluding carboxylic acids is 1. The van der Waals surface area contributed by atoms with Gasteiger partial charge >= 0.3 is 11.6 Å². The zero-order chi connectivity index (χ0) is 20.7. The van der Waals surface area contributed by atoms with Crippen LogP contribution in [0.25, 0.3) is 11.0 Å². The van der Waals surface area contributed by atoms with E-state index in [0.29, 0.717) is 16.5 Å². The van der Waals surface area contributed by atoms with E-state index in [1.165, 1.54) is 19.2 Å². The average molecular weight is 398 g/mol. The highest BCUT2D eigenvalue weighted by atomic mass is 16.6. The number of phenols is 2. The van der Waals surface area contributed by atoms with Crippen LogP contribution in [0.15, 0.2) is 45.6 Å². The van der Waals surface area contributed by atoms with Gasteiger partial charge in [-0.2, -0.15) is 0 Å². The number of ether oxygens (including phenoxy) is 3. The Morgan fingerprint density at radius 3 is 2.69 bits per heavy atom. The van der Waals surface area contributed by atoms with Gasteiger partial charge in [0.05, 0.1) is 30.6 Å². The quantitative estimate of drug-likeness (QED) is 0.392. The molecule has 1 aromatic heterocycles. The van der Waals surface area contributed by atoms with Crippen LogP contribution in [0.3, 0.4) is 0 Å². The van der Waals surface area contributed by atoms with Crippen molar-refractivity contribution in [3.05, 3.63) is 57.9 Å². The maximum absolute atomic E-state index is 12.8. The van der Waals surface area contributed by atoms with Crippen molar-refractivity contribution in [3.8, 4) is 23.0 Å². The number of methoxy groups -OCH3 is 1. The van der Waals surface area contributed by atoms with E-state index >= 15 is 0 Å². The molecule has 1 aliphatic heterocycles. The Labute approximate surface area is 164 Å². The second-order valence-electron chi connectivity index (χ2n) is 6.49. The molecule has 1 aliphatic rings. The van der Waals surface area contributed by atoms with Gasteiger partial charge in [-0.05, 0) is 36.8 Å². The Balaban J connectivity index is 1.98. The number of aromatic hydroxyl groups is 2. The molecule has 0 fully saturated rings. The summed E-state index contributed by atoms with van der Waals surface area (Å²) in [6.45, 7) is 1.79. The molecule has 0 aliphatic carbocycles. The summed E-state index contributed by atoms with van der Waals surface area (Å²) in [5.74, 6) is -2.28. The van der Waals surface area contributed by atoms with Crippen LogP contribution >= 0.6 is 0 Å². The number of phenolic OH excluding ortho intramolecular Hbond substituents is 2.